The molecule has 1 N–H and O–H groups in total. The molecule has 0 radical (unpaired) electrons. The molecule has 0 saturated heterocycles. The number of halogens is 3. The number of hydrogen-bond acceptors (Lipinski definition) is 6. The molecule has 1 heterocycles. The van der Waals surface area contributed by atoms with Gasteiger partial charge < -0.3 is 9.84 Å². The fraction of sp³-hybridized carbons (Fsp3) is 0.143. The topological polar surface area (TPSA) is 103 Å². The smallest absolute Gasteiger partial charge is 0.498 e. The van der Waals surface area contributed by atoms with Gasteiger partial charge in [-0.2, -0.15) is 0 Å². The molecule has 0 fully saturated rings. The molecule has 17 heavy (non-hydrogen) atoms. The van der Waals surface area contributed by atoms with Gasteiger partial charge in [-0.1, -0.05) is 0 Å². The van der Waals surface area contributed by atoms with Crippen molar-refractivity contribution in [3.05, 3.63) is 21.9 Å². The lowest BCUT2D eigenvalue weighted by Crippen LogP contribution is -2.18. The van der Waals surface area contributed by atoms with Crippen molar-refractivity contribution in [2.24, 2.45) is 0 Å². The molecule has 0 aliphatic heterocycles. The number of rotatable bonds is 3. The molecule has 1 aromatic heterocycles. The number of hydrogen-bond donors (Lipinski definition) is 1. The van der Waals surface area contributed by atoms with E-state index in [1.807, 2.05) is 0 Å². The van der Waals surface area contributed by atoms with Gasteiger partial charge in [0, 0.05) is 6.07 Å². The molecule has 7 nitrogen and oxygen atoms in total. The number of carbonyl (C=O) groups is 1. The van der Waals surface area contributed by atoms with Crippen molar-refractivity contribution >= 4 is 12.0 Å². The highest BCUT2D eigenvalue weighted by Crippen LogP contribution is 2.36. The summed E-state index contributed by atoms with van der Waals surface area (Å²) in [7, 11) is 0. The molecule has 1 rings (SSSR count). The van der Waals surface area contributed by atoms with E-state index >= 15 is 0 Å². The predicted molar refractivity (Wildman–Crippen MR) is 44.6 cm³/mol. The molecular weight excluding hydrogens is 249 g/mol. The summed E-state index contributed by atoms with van der Waals surface area (Å²) in [5.41, 5.74) is -1.78. The van der Waals surface area contributed by atoms with Gasteiger partial charge in [0.1, 0.15) is 5.69 Å². The molecule has 1 aromatic rings. The van der Waals surface area contributed by atoms with Crippen molar-refractivity contribution in [1.29, 1.82) is 0 Å². The van der Waals surface area contributed by atoms with Crippen LogP contribution in [0, 0.1) is 10.1 Å². The number of nitrogens with zero attached hydrogens (tertiary/aromatic N) is 2. The maximum absolute atomic E-state index is 11.9. The lowest BCUT2D eigenvalue weighted by atomic mass is 10.3. The summed E-state index contributed by atoms with van der Waals surface area (Å²) in [6.07, 6.45) is -5.21. The Morgan fingerprint density at radius 1 is 1.53 bits per heavy atom. The molecule has 0 aliphatic carbocycles. The molecule has 0 atom stereocenters. The number of aldehydes is 1. The minimum Gasteiger partial charge on any atom is -0.498 e. The van der Waals surface area contributed by atoms with E-state index in [-0.39, 0.29) is 6.29 Å². The van der Waals surface area contributed by atoms with Gasteiger partial charge in [0.25, 0.3) is 11.6 Å². The zero-order valence-electron chi connectivity index (χ0n) is 7.76. The SMILES string of the molecule is O=Cc1cc([N+](=O)[O-])c(O)c(OC(F)(F)F)n1. The van der Waals surface area contributed by atoms with Crippen molar-refractivity contribution in [2.75, 3.05) is 0 Å². The van der Waals surface area contributed by atoms with Crippen LogP contribution in [-0.4, -0.2) is 27.7 Å². The van der Waals surface area contributed by atoms with E-state index in [0.29, 0.717) is 6.07 Å². The van der Waals surface area contributed by atoms with E-state index in [1.165, 1.54) is 0 Å². The Kier molecular flexibility index (Phi) is 3.16. The van der Waals surface area contributed by atoms with Crippen molar-refractivity contribution in [2.45, 2.75) is 6.36 Å². The minimum absolute atomic E-state index is 0.0182. The largest absolute Gasteiger partial charge is 0.574 e. The van der Waals surface area contributed by atoms with Gasteiger partial charge in [-0.3, -0.25) is 14.9 Å². The number of carbonyl (C=O) groups excluding carboxylic acids is 1. The summed E-state index contributed by atoms with van der Waals surface area (Å²) in [4.78, 5) is 22.5. The van der Waals surface area contributed by atoms with Crippen LogP contribution in [-0.2, 0) is 0 Å². The molecule has 0 spiro atoms. The average molecular weight is 252 g/mol. The van der Waals surface area contributed by atoms with Crippen LogP contribution < -0.4 is 4.74 Å². The molecule has 0 saturated carbocycles. The molecular formula is C7H3F3N2O5. The van der Waals surface area contributed by atoms with Gasteiger partial charge in [-0.05, 0) is 0 Å². The van der Waals surface area contributed by atoms with Crippen LogP contribution in [0.3, 0.4) is 0 Å². The first-order valence-corrected chi connectivity index (χ1v) is 3.84. The van der Waals surface area contributed by atoms with Gasteiger partial charge in [-0.25, -0.2) is 4.98 Å². The van der Waals surface area contributed by atoms with E-state index in [4.69, 9.17) is 5.11 Å². The number of alkyl halides is 3. The maximum atomic E-state index is 11.9. The second-order valence-electron chi connectivity index (χ2n) is 2.64. The fourth-order valence-electron chi connectivity index (χ4n) is 0.901. The second-order valence-corrected chi connectivity index (χ2v) is 2.64. The lowest BCUT2D eigenvalue weighted by Gasteiger charge is -2.09. The van der Waals surface area contributed by atoms with Crippen LogP contribution in [0.15, 0.2) is 6.07 Å². The summed E-state index contributed by atoms with van der Waals surface area (Å²) >= 11 is 0. The first-order valence-electron chi connectivity index (χ1n) is 3.84. The Bertz CT molecular complexity index is 473. The number of pyridine rings is 1. The van der Waals surface area contributed by atoms with Gasteiger partial charge in [0.2, 0.25) is 0 Å². The van der Waals surface area contributed by atoms with E-state index in [9.17, 15) is 28.1 Å². The Hall–Kier alpha value is -2.39. The Labute approximate surface area is 90.6 Å². The van der Waals surface area contributed by atoms with Crippen molar-refractivity contribution in [3.63, 3.8) is 0 Å². The van der Waals surface area contributed by atoms with Crippen LogP contribution in [0.1, 0.15) is 10.5 Å². The fourth-order valence-corrected chi connectivity index (χ4v) is 0.901. The van der Waals surface area contributed by atoms with E-state index in [0.717, 1.165) is 0 Å². The molecule has 10 heteroatoms. The van der Waals surface area contributed by atoms with Gasteiger partial charge in [-0.15, -0.1) is 13.2 Å². The highest BCUT2D eigenvalue weighted by molar-refractivity contribution is 5.75. The molecule has 0 amide bonds. The van der Waals surface area contributed by atoms with Gasteiger partial charge >= 0.3 is 12.0 Å². The van der Waals surface area contributed by atoms with Crippen molar-refractivity contribution in [3.8, 4) is 11.6 Å². The highest BCUT2D eigenvalue weighted by Gasteiger charge is 2.35. The number of aromatic nitrogens is 1. The van der Waals surface area contributed by atoms with Gasteiger partial charge in [0.15, 0.2) is 6.29 Å². The van der Waals surface area contributed by atoms with Crippen LogP contribution in [0.2, 0.25) is 0 Å². The number of aromatic hydroxyl groups is 1. The predicted octanol–water partition coefficient (Wildman–Crippen LogP) is 1.41. The third-order valence-electron chi connectivity index (χ3n) is 1.49. The quantitative estimate of drug-likeness (QED) is 0.495. The minimum atomic E-state index is -5.19. The Morgan fingerprint density at radius 2 is 2.12 bits per heavy atom. The normalized spacial score (nSPS) is 11.0. The van der Waals surface area contributed by atoms with Crippen molar-refractivity contribution < 1.29 is 32.7 Å². The Morgan fingerprint density at radius 3 is 2.53 bits per heavy atom. The molecule has 0 unspecified atom stereocenters. The van der Waals surface area contributed by atoms with Crippen molar-refractivity contribution in [1.82, 2.24) is 4.98 Å². The summed E-state index contributed by atoms with van der Waals surface area (Å²) in [6, 6.07) is 0.519. The molecule has 0 aromatic carbocycles. The third-order valence-corrected chi connectivity index (χ3v) is 1.49. The molecule has 0 aliphatic rings. The monoisotopic (exact) mass is 252 g/mol. The van der Waals surface area contributed by atoms with Gasteiger partial charge in [0.05, 0.1) is 4.92 Å². The standard InChI is InChI=1S/C7H3F3N2O5/c8-7(9,10)17-6-5(14)4(12(15)16)1-3(2-13)11-6/h1-2,14H. The summed E-state index contributed by atoms with van der Waals surface area (Å²) < 4.78 is 38.8. The lowest BCUT2D eigenvalue weighted by molar-refractivity contribution is -0.386. The van der Waals surface area contributed by atoms with Crippen LogP contribution in [0.25, 0.3) is 0 Å². The first kappa shape index (κ1) is 12.7. The molecule has 0 bridgehead atoms. The van der Waals surface area contributed by atoms with E-state index in [1.54, 1.807) is 0 Å². The Balaban J connectivity index is 3.34. The summed E-state index contributed by atoms with van der Waals surface area (Å²) in [6.45, 7) is 0. The number of ether oxygens (including phenoxy) is 1. The summed E-state index contributed by atoms with van der Waals surface area (Å²) in [5.74, 6) is -2.85. The summed E-state index contributed by atoms with van der Waals surface area (Å²) in [5, 5.41) is 19.5. The third kappa shape index (κ3) is 3.03. The second kappa shape index (κ2) is 4.23. The highest BCUT2D eigenvalue weighted by atomic mass is 19.4. The zero-order valence-corrected chi connectivity index (χ0v) is 7.76. The average Bonchev–Trinajstić information content (AvgIpc) is 2.18. The van der Waals surface area contributed by atoms with E-state index in [2.05, 4.69) is 9.72 Å². The first-order chi connectivity index (χ1) is 7.74. The maximum Gasteiger partial charge on any atom is 0.574 e. The van der Waals surface area contributed by atoms with Crippen LogP contribution in [0.5, 0.6) is 11.6 Å². The van der Waals surface area contributed by atoms with Crippen LogP contribution >= 0.6 is 0 Å². The zero-order chi connectivity index (χ0) is 13.2. The number of nitro groups is 1. The van der Waals surface area contributed by atoms with E-state index < -0.39 is 34.3 Å². The molecule has 92 valence electrons. The van der Waals surface area contributed by atoms with Crippen LogP contribution in [0.4, 0.5) is 18.9 Å².